The van der Waals surface area contributed by atoms with Crippen LogP contribution in [0.1, 0.15) is 49.9 Å². The maximum atomic E-state index is 14.0. The Morgan fingerprint density at radius 3 is 2.46 bits per heavy atom. The molecule has 0 aromatic heterocycles. The van der Waals surface area contributed by atoms with E-state index in [0.29, 0.717) is 60.5 Å². The van der Waals surface area contributed by atoms with E-state index in [0.717, 1.165) is 38.4 Å². The van der Waals surface area contributed by atoms with Crippen LogP contribution in [0.4, 0.5) is 0 Å². The van der Waals surface area contributed by atoms with Crippen molar-refractivity contribution in [2.24, 2.45) is 5.92 Å². The van der Waals surface area contributed by atoms with Crippen molar-refractivity contribution in [2.45, 2.75) is 40.2 Å². The average Bonchev–Trinajstić information content (AvgIpc) is 3.22. The molecule has 9 heteroatoms. The Kier molecular flexibility index (Phi) is 10.3. The summed E-state index contributed by atoms with van der Waals surface area (Å²) in [6.45, 7) is 13.4. The van der Waals surface area contributed by atoms with Crippen LogP contribution in [0.25, 0.3) is 5.76 Å². The molecule has 2 heterocycles. The van der Waals surface area contributed by atoms with E-state index in [1.807, 2.05) is 13.8 Å². The van der Waals surface area contributed by atoms with Crippen molar-refractivity contribution >= 4 is 17.4 Å². The SMILES string of the molecule is CCOc1ccc(C2C(=C([O-])c3ccc(OCC(C)C)c(C)c3)C(=O)C(=O)N2CCC[NH+]2CCOCC2)cc1OC. The number of ether oxygens (including phenoxy) is 4. The second-order valence-corrected chi connectivity index (χ2v) is 11.0. The maximum absolute atomic E-state index is 14.0. The predicted molar refractivity (Wildman–Crippen MR) is 153 cm³/mol. The number of rotatable bonds is 12. The molecule has 1 unspecified atom stereocenters. The van der Waals surface area contributed by atoms with E-state index in [1.54, 1.807) is 36.4 Å². The third kappa shape index (κ3) is 7.02. The molecule has 9 nitrogen and oxygen atoms in total. The van der Waals surface area contributed by atoms with Crippen LogP contribution in [0.3, 0.4) is 0 Å². The summed E-state index contributed by atoms with van der Waals surface area (Å²) in [7, 11) is 1.54. The van der Waals surface area contributed by atoms with Gasteiger partial charge in [-0.1, -0.05) is 31.7 Å². The lowest BCUT2D eigenvalue weighted by Gasteiger charge is -2.29. The van der Waals surface area contributed by atoms with Gasteiger partial charge in [-0.25, -0.2) is 0 Å². The lowest BCUT2D eigenvalue weighted by molar-refractivity contribution is -0.908. The topological polar surface area (TPSA) is 102 Å². The summed E-state index contributed by atoms with van der Waals surface area (Å²) in [4.78, 5) is 29.8. The molecule has 4 rings (SSSR count). The molecule has 1 atom stereocenters. The van der Waals surface area contributed by atoms with Crippen LogP contribution in [0, 0.1) is 12.8 Å². The van der Waals surface area contributed by atoms with Gasteiger partial charge in [-0.05, 0) is 60.7 Å². The van der Waals surface area contributed by atoms with Crippen molar-refractivity contribution in [2.75, 3.05) is 59.7 Å². The minimum Gasteiger partial charge on any atom is -0.872 e. The largest absolute Gasteiger partial charge is 0.872 e. The number of hydrogen-bond acceptors (Lipinski definition) is 7. The van der Waals surface area contributed by atoms with Gasteiger partial charge in [-0.3, -0.25) is 9.59 Å². The van der Waals surface area contributed by atoms with Gasteiger partial charge in [0.1, 0.15) is 18.8 Å². The number of amides is 1. The first-order valence-electron chi connectivity index (χ1n) is 14.5. The zero-order valence-electron chi connectivity index (χ0n) is 24.8. The van der Waals surface area contributed by atoms with Gasteiger partial charge >= 0.3 is 0 Å². The number of Topliss-reactive ketones (excluding diaryl/α,β-unsaturated/α-hetero) is 1. The monoisotopic (exact) mass is 566 g/mol. The Bertz CT molecular complexity index is 1270. The molecule has 2 aliphatic rings. The predicted octanol–water partition coefficient (Wildman–Crippen LogP) is 1.97. The van der Waals surface area contributed by atoms with Gasteiger partial charge in [0.05, 0.1) is 46.1 Å². The van der Waals surface area contributed by atoms with Gasteiger partial charge in [-0.2, -0.15) is 0 Å². The summed E-state index contributed by atoms with van der Waals surface area (Å²) in [5.74, 6) is 0.202. The zero-order valence-corrected chi connectivity index (χ0v) is 24.8. The van der Waals surface area contributed by atoms with Crippen molar-refractivity contribution in [3.05, 3.63) is 58.7 Å². The smallest absolute Gasteiger partial charge is 0.295 e. The van der Waals surface area contributed by atoms with Crippen molar-refractivity contribution in [3.8, 4) is 17.2 Å². The van der Waals surface area contributed by atoms with Crippen molar-refractivity contribution in [1.82, 2.24) is 4.90 Å². The average molecular weight is 567 g/mol. The second-order valence-electron chi connectivity index (χ2n) is 11.0. The van der Waals surface area contributed by atoms with Crippen LogP contribution in [-0.4, -0.2) is 76.3 Å². The Hall–Kier alpha value is -3.56. The summed E-state index contributed by atoms with van der Waals surface area (Å²) in [5.41, 5.74) is 1.71. The van der Waals surface area contributed by atoms with Crippen LogP contribution >= 0.6 is 0 Å². The first-order valence-corrected chi connectivity index (χ1v) is 14.5. The molecule has 2 aliphatic heterocycles. The van der Waals surface area contributed by atoms with E-state index >= 15 is 0 Å². The number of morpholine rings is 1. The normalized spacial score (nSPS) is 19.2. The number of ketones is 1. The van der Waals surface area contributed by atoms with Gasteiger partial charge in [0.25, 0.3) is 5.91 Å². The van der Waals surface area contributed by atoms with Gasteiger partial charge in [0.15, 0.2) is 11.5 Å². The number of nitrogens with zero attached hydrogens (tertiary/aromatic N) is 1. The van der Waals surface area contributed by atoms with E-state index in [2.05, 4.69) is 13.8 Å². The van der Waals surface area contributed by atoms with Crippen LogP contribution in [0.2, 0.25) is 0 Å². The minimum atomic E-state index is -0.830. The van der Waals surface area contributed by atoms with Crippen molar-refractivity contribution in [3.63, 3.8) is 0 Å². The van der Waals surface area contributed by atoms with Crippen LogP contribution in [0.15, 0.2) is 42.0 Å². The lowest BCUT2D eigenvalue weighted by atomic mass is 9.94. The third-order valence-electron chi connectivity index (χ3n) is 7.47. The molecule has 0 aliphatic carbocycles. The minimum absolute atomic E-state index is 0.0461. The fourth-order valence-corrected chi connectivity index (χ4v) is 5.35. The molecule has 0 spiro atoms. The standard InChI is InChI=1S/C32H42N2O7/c1-6-40-26-11-8-23(19-27(26)38-5)29-28(30(35)24-9-10-25(22(4)18-24)41-20-21(2)3)31(36)32(37)34(29)13-7-12-33-14-16-39-17-15-33/h8-11,18-19,21,29,35H,6-7,12-17,20H2,1-5H3. The molecule has 222 valence electrons. The Morgan fingerprint density at radius 1 is 1.07 bits per heavy atom. The van der Waals surface area contributed by atoms with E-state index < -0.39 is 23.5 Å². The summed E-state index contributed by atoms with van der Waals surface area (Å²) in [6, 6.07) is 9.62. The number of carbonyl (C=O) groups is 2. The number of nitrogens with one attached hydrogen (secondary N) is 1. The van der Waals surface area contributed by atoms with Gasteiger partial charge in [-0.15, -0.1) is 0 Å². The Balaban J connectivity index is 1.71. The maximum Gasteiger partial charge on any atom is 0.295 e. The van der Waals surface area contributed by atoms with Gasteiger partial charge in [0, 0.05) is 18.5 Å². The summed E-state index contributed by atoms with van der Waals surface area (Å²) in [5, 5.41) is 14.0. The molecular weight excluding hydrogens is 524 g/mol. The van der Waals surface area contributed by atoms with Crippen LogP contribution in [-0.2, 0) is 14.3 Å². The highest BCUT2D eigenvalue weighted by Crippen LogP contribution is 2.41. The number of hydrogen-bond donors (Lipinski definition) is 1. The lowest BCUT2D eigenvalue weighted by Crippen LogP contribution is -3.14. The van der Waals surface area contributed by atoms with Crippen LogP contribution < -0.4 is 24.2 Å². The number of benzene rings is 2. The first kappa shape index (κ1) is 30.4. The number of carbonyl (C=O) groups excluding carboxylic acids is 2. The molecule has 1 N–H and O–H groups in total. The van der Waals surface area contributed by atoms with Gasteiger partial charge in [0.2, 0.25) is 5.78 Å². The highest BCUT2D eigenvalue weighted by molar-refractivity contribution is 6.46. The molecule has 1 amide bonds. The fraction of sp³-hybridized carbons (Fsp3) is 0.500. The van der Waals surface area contributed by atoms with E-state index in [4.69, 9.17) is 18.9 Å². The molecule has 2 saturated heterocycles. The quantitative estimate of drug-likeness (QED) is 0.238. The zero-order chi connectivity index (χ0) is 29.5. The summed E-state index contributed by atoms with van der Waals surface area (Å²) in [6.07, 6.45) is 0.696. The summed E-state index contributed by atoms with van der Waals surface area (Å²) < 4.78 is 22.6. The second kappa shape index (κ2) is 13.9. The summed E-state index contributed by atoms with van der Waals surface area (Å²) >= 11 is 0. The van der Waals surface area contributed by atoms with Gasteiger partial charge < -0.3 is 33.9 Å². The number of methoxy groups -OCH3 is 1. The highest BCUT2D eigenvalue weighted by atomic mass is 16.5. The third-order valence-corrected chi connectivity index (χ3v) is 7.47. The molecule has 2 fully saturated rings. The Morgan fingerprint density at radius 2 is 1.80 bits per heavy atom. The van der Waals surface area contributed by atoms with Crippen molar-refractivity contribution in [1.29, 1.82) is 0 Å². The molecular formula is C32H42N2O7. The molecule has 0 radical (unpaired) electrons. The molecule has 0 bridgehead atoms. The number of quaternary nitrogens is 1. The number of aryl methyl sites for hydroxylation is 1. The molecule has 2 aromatic rings. The molecule has 2 aromatic carbocycles. The molecule has 41 heavy (non-hydrogen) atoms. The van der Waals surface area contributed by atoms with E-state index in [9.17, 15) is 14.7 Å². The fourth-order valence-electron chi connectivity index (χ4n) is 5.35. The van der Waals surface area contributed by atoms with E-state index in [1.165, 1.54) is 16.9 Å². The first-order chi connectivity index (χ1) is 19.7. The van der Waals surface area contributed by atoms with E-state index in [-0.39, 0.29) is 5.57 Å². The number of likely N-dealkylation sites (tertiary alicyclic amines) is 1. The van der Waals surface area contributed by atoms with Crippen molar-refractivity contribution < 1.29 is 38.5 Å². The highest BCUT2D eigenvalue weighted by Gasteiger charge is 2.44. The Labute approximate surface area is 242 Å². The molecule has 0 saturated carbocycles. The van der Waals surface area contributed by atoms with Crippen LogP contribution in [0.5, 0.6) is 17.2 Å².